The smallest absolute Gasteiger partial charge is 0.256 e. The van der Waals surface area contributed by atoms with Gasteiger partial charge in [-0.1, -0.05) is 6.92 Å². The van der Waals surface area contributed by atoms with E-state index in [1.807, 2.05) is 21.0 Å². The number of H-pyrrole nitrogens is 1. The third kappa shape index (κ3) is 2.76. The minimum atomic E-state index is -0.199. The van der Waals surface area contributed by atoms with E-state index in [-0.39, 0.29) is 5.56 Å². The van der Waals surface area contributed by atoms with Gasteiger partial charge in [-0.3, -0.25) is 9.78 Å². The highest BCUT2D eigenvalue weighted by Crippen LogP contribution is 2.07. The van der Waals surface area contributed by atoms with Crippen molar-refractivity contribution in [2.75, 3.05) is 25.6 Å². The molecule has 0 spiro atoms. The molecule has 0 radical (unpaired) electrons. The fraction of sp³-hybridized carbons (Fsp3) is 0.556. The maximum atomic E-state index is 11.2. The first-order valence-corrected chi connectivity index (χ1v) is 4.55. The monoisotopic (exact) mass is 197 g/mol. The SMILES string of the molecule is CCCOc1cc(=O)[nH]c(N(C)C)n1. The summed E-state index contributed by atoms with van der Waals surface area (Å²) in [4.78, 5) is 19.6. The molecule has 1 aromatic rings. The second kappa shape index (κ2) is 4.64. The van der Waals surface area contributed by atoms with Crippen LogP contribution in [-0.2, 0) is 0 Å². The fourth-order valence-corrected chi connectivity index (χ4v) is 0.915. The van der Waals surface area contributed by atoms with Gasteiger partial charge >= 0.3 is 0 Å². The fourth-order valence-electron chi connectivity index (χ4n) is 0.915. The Hall–Kier alpha value is -1.52. The second-order valence-electron chi connectivity index (χ2n) is 3.15. The molecule has 1 aromatic heterocycles. The van der Waals surface area contributed by atoms with Gasteiger partial charge in [-0.05, 0) is 6.42 Å². The van der Waals surface area contributed by atoms with Gasteiger partial charge in [0, 0.05) is 14.1 Å². The molecule has 1 rings (SSSR count). The maximum absolute atomic E-state index is 11.2. The lowest BCUT2D eigenvalue weighted by atomic mass is 10.5. The zero-order chi connectivity index (χ0) is 10.6. The average molecular weight is 197 g/mol. The van der Waals surface area contributed by atoms with E-state index in [4.69, 9.17) is 4.74 Å². The Labute approximate surface area is 82.7 Å². The number of aromatic amines is 1. The standard InChI is InChI=1S/C9H15N3O2/c1-4-5-14-8-6-7(13)10-9(11-8)12(2)3/h6H,4-5H2,1-3H3,(H,10,11,13). The van der Waals surface area contributed by atoms with E-state index in [1.54, 1.807) is 4.90 Å². The highest BCUT2D eigenvalue weighted by molar-refractivity contribution is 5.29. The Kier molecular flexibility index (Phi) is 3.50. The molecule has 0 atom stereocenters. The predicted octanol–water partition coefficient (Wildman–Crippen LogP) is 0.625. The van der Waals surface area contributed by atoms with Crippen LogP contribution in [0.25, 0.3) is 0 Å². The van der Waals surface area contributed by atoms with Gasteiger partial charge in [-0.2, -0.15) is 4.98 Å². The number of hydrogen-bond acceptors (Lipinski definition) is 4. The summed E-state index contributed by atoms with van der Waals surface area (Å²) < 4.78 is 5.27. The van der Waals surface area contributed by atoms with E-state index >= 15 is 0 Å². The molecule has 0 aliphatic heterocycles. The summed E-state index contributed by atoms with van der Waals surface area (Å²) in [6.45, 7) is 2.57. The number of hydrogen-bond donors (Lipinski definition) is 1. The van der Waals surface area contributed by atoms with Crippen LogP contribution in [0.2, 0.25) is 0 Å². The highest BCUT2D eigenvalue weighted by atomic mass is 16.5. The number of aromatic nitrogens is 2. The van der Waals surface area contributed by atoms with Crippen LogP contribution >= 0.6 is 0 Å². The first-order valence-electron chi connectivity index (χ1n) is 4.55. The Morgan fingerprint density at radius 1 is 1.57 bits per heavy atom. The van der Waals surface area contributed by atoms with Crippen LogP contribution in [0, 0.1) is 0 Å². The van der Waals surface area contributed by atoms with Gasteiger partial charge in [0.05, 0.1) is 12.7 Å². The van der Waals surface area contributed by atoms with Gasteiger partial charge in [0.15, 0.2) is 0 Å². The quantitative estimate of drug-likeness (QED) is 0.769. The predicted molar refractivity (Wildman–Crippen MR) is 55.0 cm³/mol. The summed E-state index contributed by atoms with van der Waals surface area (Å²) in [6, 6.07) is 1.35. The van der Waals surface area contributed by atoms with Crippen molar-refractivity contribution in [3.05, 3.63) is 16.4 Å². The molecule has 5 heteroatoms. The van der Waals surface area contributed by atoms with E-state index in [1.165, 1.54) is 6.07 Å². The molecule has 1 N–H and O–H groups in total. The zero-order valence-corrected chi connectivity index (χ0v) is 8.70. The molecule has 0 aliphatic carbocycles. The van der Waals surface area contributed by atoms with E-state index in [0.717, 1.165) is 6.42 Å². The molecular weight excluding hydrogens is 182 g/mol. The topological polar surface area (TPSA) is 58.2 Å². The molecule has 0 saturated heterocycles. The van der Waals surface area contributed by atoms with Gasteiger partial charge in [0.1, 0.15) is 0 Å². The molecule has 14 heavy (non-hydrogen) atoms. The van der Waals surface area contributed by atoms with Gasteiger partial charge < -0.3 is 9.64 Å². The molecule has 5 nitrogen and oxygen atoms in total. The van der Waals surface area contributed by atoms with Crippen LogP contribution in [-0.4, -0.2) is 30.7 Å². The van der Waals surface area contributed by atoms with Crippen LogP contribution in [0.15, 0.2) is 10.9 Å². The van der Waals surface area contributed by atoms with E-state index in [2.05, 4.69) is 9.97 Å². The number of rotatable bonds is 4. The molecule has 0 unspecified atom stereocenters. The summed E-state index contributed by atoms with van der Waals surface area (Å²) in [7, 11) is 3.61. The van der Waals surface area contributed by atoms with Crippen LogP contribution in [0.1, 0.15) is 13.3 Å². The van der Waals surface area contributed by atoms with Gasteiger partial charge in [0.2, 0.25) is 11.8 Å². The number of nitrogens with zero attached hydrogens (tertiary/aromatic N) is 2. The molecule has 0 aromatic carbocycles. The molecule has 0 fully saturated rings. The van der Waals surface area contributed by atoms with Crippen LogP contribution in [0.3, 0.4) is 0 Å². The third-order valence-corrected chi connectivity index (χ3v) is 1.58. The van der Waals surface area contributed by atoms with Crippen molar-refractivity contribution in [2.24, 2.45) is 0 Å². The summed E-state index contributed by atoms with van der Waals surface area (Å²) in [5, 5.41) is 0. The molecule has 1 heterocycles. The molecule has 0 amide bonds. The van der Waals surface area contributed by atoms with Crippen molar-refractivity contribution in [2.45, 2.75) is 13.3 Å². The van der Waals surface area contributed by atoms with Crippen molar-refractivity contribution in [3.63, 3.8) is 0 Å². The van der Waals surface area contributed by atoms with E-state index in [0.29, 0.717) is 18.4 Å². The van der Waals surface area contributed by atoms with Crippen LogP contribution in [0.5, 0.6) is 5.88 Å². The van der Waals surface area contributed by atoms with E-state index in [9.17, 15) is 4.79 Å². The first kappa shape index (κ1) is 10.6. The van der Waals surface area contributed by atoms with Crippen LogP contribution < -0.4 is 15.2 Å². The molecule has 0 bridgehead atoms. The Balaban J connectivity index is 2.90. The molecule has 78 valence electrons. The van der Waals surface area contributed by atoms with Gasteiger partial charge in [-0.25, -0.2) is 0 Å². The zero-order valence-electron chi connectivity index (χ0n) is 8.70. The van der Waals surface area contributed by atoms with Gasteiger partial charge in [-0.15, -0.1) is 0 Å². The lowest BCUT2D eigenvalue weighted by Gasteiger charge is -2.11. The summed E-state index contributed by atoms with van der Waals surface area (Å²) in [6.07, 6.45) is 0.895. The van der Waals surface area contributed by atoms with Crippen molar-refractivity contribution >= 4 is 5.95 Å². The Morgan fingerprint density at radius 2 is 2.29 bits per heavy atom. The van der Waals surface area contributed by atoms with E-state index < -0.39 is 0 Å². The lowest BCUT2D eigenvalue weighted by Crippen LogP contribution is -2.18. The lowest BCUT2D eigenvalue weighted by molar-refractivity contribution is 0.304. The Bertz CT molecular complexity index is 346. The van der Waals surface area contributed by atoms with Crippen molar-refractivity contribution in [1.82, 2.24) is 9.97 Å². The van der Waals surface area contributed by atoms with Crippen molar-refractivity contribution < 1.29 is 4.74 Å². The summed E-state index contributed by atoms with van der Waals surface area (Å²) in [5.41, 5.74) is -0.199. The largest absolute Gasteiger partial charge is 0.477 e. The number of nitrogens with one attached hydrogen (secondary N) is 1. The molecule has 0 saturated carbocycles. The second-order valence-corrected chi connectivity index (χ2v) is 3.15. The molecular formula is C9H15N3O2. The maximum Gasteiger partial charge on any atom is 0.256 e. The molecule has 0 aliphatic rings. The third-order valence-electron chi connectivity index (χ3n) is 1.58. The minimum absolute atomic E-state index is 0.199. The average Bonchev–Trinajstić information content (AvgIpc) is 2.14. The number of anilines is 1. The Morgan fingerprint density at radius 3 is 2.86 bits per heavy atom. The minimum Gasteiger partial charge on any atom is -0.477 e. The first-order chi connectivity index (χ1) is 6.63. The van der Waals surface area contributed by atoms with Crippen molar-refractivity contribution in [1.29, 1.82) is 0 Å². The van der Waals surface area contributed by atoms with Crippen molar-refractivity contribution in [3.8, 4) is 5.88 Å². The summed E-state index contributed by atoms with van der Waals surface area (Å²) in [5.74, 6) is 0.878. The number of ether oxygens (including phenoxy) is 1. The van der Waals surface area contributed by atoms with Crippen LogP contribution in [0.4, 0.5) is 5.95 Å². The van der Waals surface area contributed by atoms with Gasteiger partial charge in [0.25, 0.3) is 5.56 Å². The highest BCUT2D eigenvalue weighted by Gasteiger charge is 2.02. The normalized spacial score (nSPS) is 9.93. The summed E-state index contributed by atoms with van der Waals surface area (Å²) >= 11 is 0.